The van der Waals surface area contributed by atoms with Crippen molar-refractivity contribution in [1.29, 1.82) is 0 Å². The summed E-state index contributed by atoms with van der Waals surface area (Å²) in [7, 11) is 0. The Labute approximate surface area is 189 Å². The van der Waals surface area contributed by atoms with Gasteiger partial charge < -0.3 is 5.32 Å². The molecule has 0 bridgehead atoms. The zero-order valence-electron chi connectivity index (χ0n) is 18.1. The molecule has 0 radical (unpaired) electrons. The maximum atomic E-state index is 13.2. The van der Waals surface area contributed by atoms with Crippen molar-refractivity contribution in [2.24, 2.45) is 0 Å². The summed E-state index contributed by atoms with van der Waals surface area (Å²) in [6, 6.07) is 18.5. The van der Waals surface area contributed by atoms with Crippen LogP contribution in [0.15, 0.2) is 75.6 Å². The third kappa shape index (κ3) is 4.57. The minimum absolute atomic E-state index is 0.176. The number of fused-ring (bicyclic) bond motifs is 1. The van der Waals surface area contributed by atoms with Crippen molar-refractivity contribution in [2.45, 2.75) is 39.3 Å². The van der Waals surface area contributed by atoms with E-state index in [-0.39, 0.29) is 24.6 Å². The van der Waals surface area contributed by atoms with E-state index in [9.17, 15) is 14.4 Å². The maximum Gasteiger partial charge on any atom is 0.331 e. The van der Waals surface area contributed by atoms with Gasteiger partial charge in [0.1, 0.15) is 6.54 Å². The van der Waals surface area contributed by atoms with Crippen LogP contribution in [0.3, 0.4) is 0 Å². The zero-order valence-corrected chi connectivity index (χ0v) is 18.9. The minimum Gasteiger partial charge on any atom is -0.325 e. The number of hydrogen-bond acceptors (Lipinski definition) is 4. The molecule has 0 unspecified atom stereocenters. The van der Waals surface area contributed by atoms with Gasteiger partial charge in [-0.15, -0.1) is 11.3 Å². The summed E-state index contributed by atoms with van der Waals surface area (Å²) in [5.41, 5.74) is 1.50. The number of carbonyl (C=O) groups excluding carboxylic acids is 1. The van der Waals surface area contributed by atoms with Gasteiger partial charge in [0, 0.05) is 17.1 Å². The first-order valence-corrected chi connectivity index (χ1v) is 11.5. The molecule has 2 aromatic heterocycles. The molecule has 0 saturated heterocycles. The van der Waals surface area contributed by atoms with Crippen molar-refractivity contribution in [3.63, 3.8) is 0 Å². The number of para-hydroxylation sites is 1. The quantitative estimate of drug-likeness (QED) is 0.461. The maximum absolute atomic E-state index is 13.2. The molecule has 0 atom stereocenters. The van der Waals surface area contributed by atoms with Gasteiger partial charge in [-0.05, 0) is 53.6 Å². The molecule has 6 nitrogen and oxygen atoms in total. The van der Waals surface area contributed by atoms with E-state index in [1.54, 1.807) is 35.6 Å². The van der Waals surface area contributed by atoms with E-state index in [1.165, 1.54) is 14.7 Å². The second-order valence-corrected chi connectivity index (χ2v) is 9.03. The Morgan fingerprint density at radius 1 is 0.969 bits per heavy atom. The lowest BCUT2D eigenvalue weighted by molar-refractivity contribution is -0.116. The second kappa shape index (κ2) is 9.36. The third-order valence-corrected chi connectivity index (χ3v) is 6.39. The Morgan fingerprint density at radius 2 is 1.72 bits per heavy atom. The van der Waals surface area contributed by atoms with E-state index < -0.39 is 5.69 Å². The molecule has 2 heterocycles. The highest BCUT2D eigenvalue weighted by Gasteiger charge is 2.15. The number of nitrogens with one attached hydrogen (secondary N) is 1. The number of hydrogen-bond donors (Lipinski definition) is 1. The molecule has 0 saturated carbocycles. The molecule has 0 aliphatic carbocycles. The van der Waals surface area contributed by atoms with Crippen molar-refractivity contribution < 1.29 is 4.79 Å². The van der Waals surface area contributed by atoms with Crippen molar-refractivity contribution in [2.75, 3.05) is 5.32 Å². The number of nitrogens with zero attached hydrogens (tertiary/aromatic N) is 2. The third-order valence-electron chi connectivity index (χ3n) is 5.46. The van der Waals surface area contributed by atoms with E-state index in [1.807, 2.05) is 41.8 Å². The van der Waals surface area contributed by atoms with Crippen LogP contribution in [0.4, 0.5) is 5.69 Å². The molecular weight excluding hydrogens is 422 g/mol. The van der Waals surface area contributed by atoms with Gasteiger partial charge in [0.25, 0.3) is 5.56 Å². The van der Waals surface area contributed by atoms with Crippen LogP contribution < -0.4 is 16.6 Å². The molecule has 4 aromatic rings. The molecule has 0 fully saturated rings. The van der Waals surface area contributed by atoms with Crippen LogP contribution in [0.1, 0.15) is 30.2 Å². The number of rotatable bonds is 7. The monoisotopic (exact) mass is 447 g/mol. The smallest absolute Gasteiger partial charge is 0.325 e. The van der Waals surface area contributed by atoms with Gasteiger partial charge in [-0.3, -0.25) is 18.7 Å². The van der Waals surface area contributed by atoms with Crippen LogP contribution >= 0.6 is 11.3 Å². The summed E-state index contributed by atoms with van der Waals surface area (Å²) >= 11 is 1.59. The average molecular weight is 448 g/mol. The first kappa shape index (κ1) is 21.8. The number of carbonyl (C=O) groups is 1. The van der Waals surface area contributed by atoms with Crippen LogP contribution in [0, 0.1) is 0 Å². The lowest BCUT2D eigenvalue weighted by Gasteiger charge is -2.14. The summed E-state index contributed by atoms with van der Waals surface area (Å²) < 4.78 is 2.61. The normalized spacial score (nSPS) is 11.2. The largest absolute Gasteiger partial charge is 0.331 e. The molecule has 7 heteroatoms. The van der Waals surface area contributed by atoms with Gasteiger partial charge in [-0.25, -0.2) is 4.79 Å². The molecule has 0 spiro atoms. The van der Waals surface area contributed by atoms with E-state index in [0.29, 0.717) is 28.9 Å². The summed E-state index contributed by atoms with van der Waals surface area (Å²) in [4.78, 5) is 40.1. The van der Waals surface area contributed by atoms with Crippen molar-refractivity contribution in [1.82, 2.24) is 9.13 Å². The highest BCUT2D eigenvalue weighted by Crippen LogP contribution is 2.17. The van der Waals surface area contributed by atoms with E-state index in [4.69, 9.17) is 0 Å². The number of aromatic nitrogens is 2. The standard InChI is InChI=1S/C25H25N3O3S/c1-17(2)18-9-11-19(12-10-18)26-23(29)16-28-22-8-4-3-7-21(22)24(30)27(25(28)31)14-13-20-6-5-15-32-20/h3-12,15,17H,13-14,16H2,1-2H3,(H,26,29). The van der Waals surface area contributed by atoms with Crippen LogP contribution in [0.5, 0.6) is 0 Å². The lowest BCUT2D eigenvalue weighted by Crippen LogP contribution is -2.42. The Hall–Kier alpha value is -3.45. The lowest BCUT2D eigenvalue weighted by atomic mass is 10.0. The molecule has 2 aromatic carbocycles. The highest BCUT2D eigenvalue weighted by atomic mass is 32.1. The number of aryl methyl sites for hydroxylation is 1. The molecule has 4 rings (SSSR count). The molecule has 1 amide bonds. The minimum atomic E-state index is -0.476. The number of benzene rings is 2. The van der Waals surface area contributed by atoms with Gasteiger partial charge >= 0.3 is 5.69 Å². The zero-order chi connectivity index (χ0) is 22.7. The fourth-order valence-electron chi connectivity index (χ4n) is 3.69. The molecule has 1 N–H and O–H groups in total. The molecule has 164 valence electrons. The summed E-state index contributed by atoms with van der Waals surface area (Å²) in [5, 5.41) is 5.24. The Morgan fingerprint density at radius 3 is 2.41 bits per heavy atom. The van der Waals surface area contributed by atoms with E-state index >= 15 is 0 Å². The number of anilines is 1. The summed E-state index contributed by atoms with van der Waals surface area (Å²) in [6.45, 7) is 4.31. The van der Waals surface area contributed by atoms with Gasteiger partial charge in [-0.1, -0.05) is 44.2 Å². The molecule has 0 aliphatic rings. The predicted octanol–water partition coefficient (Wildman–Crippen LogP) is 4.23. The molecule has 32 heavy (non-hydrogen) atoms. The van der Waals surface area contributed by atoms with Gasteiger partial charge in [-0.2, -0.15) is 0 Å². The Kier molecular flexibility index (Phi) is 6.37. The topological polar surface area (TPSA) is 73.1 Å². The first-order chi connectivity index (χ1) is 15.4. The first-order valence-electron chi connectivity index (χ1n) is 10.6. The van der Waals surface area contributed by atoms with Crippen LogP contribution in [0.25, 0.3) is 10.9 Å². The molecular formula is C25H25N3O3S. The number of thiophene rings is 1. The second-order valence-electron chi connectivity index (χ2n) is 8.00. The van der Waals surface area contributed by atoms with Crippen molar-refractivity contribution in [3.05, 3.63) is 97.3 Å². The highest BCUT2D eigenvalue weighted by molar-refractivity contribution is 7.09. The van der Waals surface area contributed by atoms with E-state index in [2.05, 4.69) is 19.2 Å². The van der Waals surface area contributed by atoms with Gasteiger partial charge in [0.15, 0.2) is 0 Å². The number of amides is 1. The van der Waals surface area contributed by atoms with Crippen molar-refractivity contribution >= 4 is 33.8 Å². The Balaban J connectivity index is 1.64. The average Bonchev–Trinajstić information content (AvgIpc) is 3.30. The summed E-state index contributed by atoms with van der Waals surface area (Å²) in [5.74, 6) is 0.0814. The fourth-order valence-corrected chi connectivity index (χ4v) is 4.39. The van der Waals surface area contributed by atoms with Crippen LogP contribution in [0.2, 0.25) is 0 Å². The van der Waals surface area contributed by atoms with E-state index in [0.717, 1.165) is 4.88 Å². The fraction of sp³-hybridized carbons (Fsp3) is 0.240. The van der Waals surface area contributed by atoms with Crippen molar-refractivity contribution in [3.8, 4) is 0 Å². The summed E-state index contributed by atoms with van der Waals surface area (Å²) in [6.07, 6.45) is 0.583. The molecule has 0 aliphatic heterocycles. The SMILES string of the molecule is CC(C)c1ccc(NC(=O)Cn2c(=O)n(CCc3cccs3)c(=O)c3ccccc32)cc1. The van der Waals surface area contributed by atoms with Gasteiger partial charge in [0.2, 0.25) is 5.91 Å². The van der Waals surface area contributed by atoms with Crippen LogP contribution in [-0.4, -0.2) is 15.0 Å². The predicted molar refractivity (Wildman–Crippen MR) is 130 cm³/mol. The van der Waals surface area contributed by atoms with Crippen LogP contribution in [-0.2, 0) is 24.3 Å². The van der Waals surface area contributed by atoms with Gasteiger partial charge in [0.05, 0.1) is 10.9 Å². The Bertz CT molecular complexity index is 1350.